The summed E-state index contributed by atoms with van der Waals surface area (Å²) in [6, 6.07) is 14.5. The smallest absolute Gasteiger partial charge is 0.338 e. The average Bonchev–Trinajstić information content (AvgIpc) is 2.71. The zero-order valence-electron chi connectivity index (χ0n) is 19.0. The van der Waals surface area contributed by atoms with Crippen LogP contribution in [0.3, 0.4) is 0 Å². The molecule has 8 nitrogen and oxygen atoms in total. The number of likely N-dealkylation sites (N-methyl/N-ethyl adjacent to an activating group) is 1. The van der Waals surface area contributed by atoms with Crippen molar-refractivity contribution in [3.63, 3.8) is 0 Å². The third-order valence-corrected chi connectivity index (χ3v) is 5.25. The maximum Gasteiger partial charge on any atom is 0.338 e. The number of hydrogen-bond donors (Lipinski definition) is 1. The highest BCUT2D eigenvalue weighted by Gasteiger charge is 2.30. The topological polar surface area (TPSA) is 93.2 Å². The van der Waals surface area contributed by atoms with Gasteiger partial charge in [0.1, 0.15) is 18.2 Å². The summed E-state index contributed by atoms with van der Waals surface area (Å²) in [5, 5.41) is 0. The second kappa shape index (κ2) is 11.1. The van der Waals surface area contributed by atoms with Crippen LogP contribution in [-0.2, 0) is 31.8 Å². The van der Waals surface area contributed by atoms with Crippen LogP contribution < -0.4 is 4.31 Å². The summed E-state index contributed by atoms with van der Waals surface area (Å²) in [7, 11) is 0.320. The molecule has 0 N–H and O–H groups in total. The third-order valence-electron chi connectivity index (χ3n) is 4.46. The summed E-state index contributed by atoms with van der Waals surface area (Å²) in [6.45, 7) is 5.26. The standard InChI is InChI=1S/C23H30N2O6S/c1-23(2,3)31-22(27)20(24(4)5)15-25(32(28)29)19-13-11-18(12-14-19)21(26)30-16-17-9-7-6-8-10-17/h6-14,20,32H,15-16H2,1-5H3. The minimum absolute atomic E-state index is 0.127. The molecule has 0 aromatic heterocycles. The van der Waals surface area contributed by atoms with Gasteiger partial charge >= 0.3 is 11.9 Å². The number of anilines is 1. The zero-order valence-corrected chi connectivity index (χ0v) is 19.9. The van der Waals surface area contributed by atoms with E-state index in [1.807, 2.05) is 30.3 Å². The van der Waals surface area contributed by atoms with Crippen LogP contribution in [-0.4, -0.2) is 57.5 Å². The molecule has 174 valence electrons. The van der Waals surface area contributed by atoms with Gasteiger partial charge in [-0.15, -0.1) is 0 Å². The van der Waals surface area contributed by atoms with Gasteiger partial charge in [0.2, 0.25) is 10.9 Å². The summed E-state index contributed by atoms with van der Waals surface area (Å²) in [6.07, 6.45) is 0. The number of nitrogens with zero attached hydrogens (tertiary/aromatic N) is 2. The number of carbonyl (C=O) groups excluding carboxylic acids is 2. The van der Waals surface area contributed by atoms with Crippen molar-refractivity contribution in [3.8, 4) is 0 Å². The van der Waals surface area contributed by atoms with E-state index in [1.54, 1.807) is 39.8 Å². The molecular formula is C23H30N2O6S. The molecule has 0 saturated heterocycles. The summed E-state index contributed by atoms with van der Waals surface area (Å²) in [4.78, 5) is 26.5. The molecule has 0 aliphatic rings. The summed E-state index contributed by atoms with van der Waals surface area (Å²) < 4.78 is 35.7. The number of carbonyl (C=O) groups is 2. The van der Waals surface area contributed by atoms with Crippen LogP contribution in [0.5, 0.6) is 0 Å². The Morgan fingerprint density at radius 1 is 0.969 bits per heavy atom. The van der Waals surface area contributed by atoms with E-state index in [2.05, 4.69) is 0 Å². The van der Waals surface area contributed by atoms with Crippen LogP contribution in [0, 0.1) is 0 Å². The molecular weight excluding hydrogens is 432 g/mol. The first-order chi connectivity index (χ1) is 15.0. The normalized spacial score (nSPS) is 12.5. The zero-order chi connectivity index (χ0) is 23.9. The Morgan fingerprint density at radius 2 is 1.56 bits per heavy atom. The summed E-state index contributed by atoms with van der Waals surface area (Å²) >= 11 is 0. The van der Waals surface area contributed by atoms with Crippen molar-refractivity contribution in [1.29, 1.82) is 0 Å². The van der Waals surface area contributed by atoms with Gasteiger partial charge in [-0.2, -0.15) is 0 Å². The second-order valence-electron chi connectivity index (χ2n) is 8.44. The molecule has 1 atom stereocenters. The Morgan fingerprint density at radius 3 is 2.06 bits per heavy atom. The van der Waals surface area contributed by atoms with Crippen LogP contribution in [0.1, 0.15) is 36.7 Å². The van der Waals surface area contributed by atoms with Gasteiger partial charge < -0.3 is 9.47 Å². The van der Waals surface area contributed by atoms with E-state index < -0.39 is 34.5 Å². The summed E-state index contributed by atoms with van der Waals surface area (Å²) in [5.41, 5.74) is 0.791. The molecule has 0 amide bonds. The molecule has 2 rings (SSSR count). The third kappa shape index (κ3) is 7.65. The van der Waals surface area contributed by atoms with E-state index in [0.29, 0.717) is 11.3 Å². The number of hydrogen-bond acceptors (Lipinski definition) is 7. The number of esters is 2. The van der Waals surface area contributed by atoms with E-state index in [1.165, 1.54) is 24.3 Å². The lowest BCUT2D eigenvalue weighted by Crippen LogP contribution is -2.47. The van der Waals surface area contributed by atoms with Crippen molar-refractivity contribution in [2.45, 2.75) is 39.0 Å². The molecule has 0 aliphatic heterocycles. The van der Waals surface area contributed by atoms with Gasteiger partial charge in [-0.1, -0.05) is 30.3 Å². The van der Waals surface area contributed by atoms with Gasteiger partial charge in [0.25, 0.3) is 0 Å². The van der Waals surface area contributed by atoms with Crippen molar-refractivity contribution in [2.75, 3.05) is 24.9 Å². The van der Waals surface area contributed by atoms with Gasteiger partial charge in [0.05, 0.1) is 17.8 Å². The first kappa shape index (κ1) is 25.4. The van der Waals surface area contributed by atoms with Crippen molar-refractivity contribution >= 4 is 28.5 Å². The molecule has 2 aromatic rings. The maximum absolute atomic E-state index is 12.6. The van der Waals surface area contributed by atoms with Crippen LogP contribution in [0.2, 0.25) is 0 Å². The molecule has 9 heteroatoms. The van der Waals surface area contributed by atoms with Gasteiger partial charge in [0.15, 0.2) is 0 Å². The fraction of sp³-hybridized carbons (Fsp3) is 0.391. The van der Waals surface area contributed by atoms with Gasteiger partial charge in [-0.25, -0.2) is 13.2 Å². The number of thiol groups is 1. The largest absolute Gasteiger partial charge is 0.459 e. The molecule has 0 radical (unpaired) electrons. The van der Waals surface area contributed by atoms with Crippen molar-refractivity contribution in [2.24, 2.45) is 0 Å². The highest BCUT2D eigenvalue weighted by atomic mass is 32.2. The average molecular weight is 463 g/mol. The maximum atomic E-state index is 12.6. The number of benzene rings is 2. The van der Waals surface area contributed by atoms with Gasteiger partial charge in [-0.05, 0) is 64.7 Å². The molecule has 0 spiro atoms. The molecule has 0 heterocycles. The minimum atomic E-state index is -3.03. The predicted octanol–water partition coefficient (Wildman–Crippen LogP) is 2.65. The molecule has 0 fully saturated rings. The number of ether oxygens (including phenoxy) is 2. The Hall–Kier alpha value is -2.91. The van der Waals surface area contributed by atoms with Crippen LogP contribution in [0.25, 0.3) is 0 Å². The fourth-order valence-corrected chi connectivity index (χ4v) is 3.43. The highest BCUT2D eigenvalue weighted by Crippen LogP contribution is 2.19. The monoisotopic (exact) mass is 462 g/mol. The Balaban J connectivity index is 2.12. The first-order valence-electron chi connectivity index (χ1n) is 10.1. The van der Waals surface area contributed by atoms with Crippen LogP contribution >= 0.6 is 0 Å². The van der Waals surface area contributed by atoms with E-state index in [4.69, 9.17) is 9.47 Å². The van der Waals surface area contributed by atoms with Crippen molar-refractivity contribution in [3.05, 3.63) is 65.7 Å². The quantitative estimate of drug-likeness (QED) is 0.452. The molecule has 0 aliphatic carbocycles. The Bertz CT molecular complexity index is 974. The Labute approximate surface area is 190 Å². The SMILES string of the molecule is CN(C)C(CN(c1ccc(C(=O)OCc2ccccc2)cc1)[SH](=O)=O)C(=O)OC(C)(C)C. The highest BCUT2D eigenvalue weighted by molar-refractivity contribution is 7.74. The molecule has 0 saturated carbocycles. The van der Waals surface area contributed by atoms with Crippen molar-refractivity contribution < 1.29 is 27.5 Å². The fourth-order valence-electron chi connectivity index (χ4n) is 2.82. The van der Waals surface area contributed by atoms with E-state index in [-0.39, 0.29) is 13.2 Å². The predicted molar refractivity (Wildman–Crippen MR) is 123 cm³/mol. The Kier molecular flexibility index (Phi) is 8.80. The van der Waals surface area contributed by atoms with Crippen LogP contribution in [0.15, 0.2) is 54.6 Å². The van der Waals surface area contributed by atoms with Gasteiger partial charge in [0, 0.05) is 0 Å². The molecule has 1 unspecified atom stereocenters. The summed E-state index contributed by atoms with van der Waals surface area (Å²) in [5.74, 6) is -1.04. The first-order valence-corrected chi connectivity index (χ1v) is 11.2. The number of rotatable bonds is 9. The van der Waals surface area contributed by atoms with Crippen LogP contribution in [0.4, 0.5) is 5.69 Å². The van der Waals surface area contributed by atoms with E-state index >= 15 is 0 Å². The molecule has 0 bridgehead atoms. The lowest BCUT2D eigenvalue weighted by molar-refractivity contribution is -0.160. The van der Waals surface area contributed by atoms with Crippen molar-refractivity contribution in [1.82, 2.24) is 4.90 Å². The lowest BCUT2D eigenvalue weighted by Gasteiger charge is -2.30. The molecule has 32 heavy (non-hydrogen) atoms. The van der Waals surface area contributed by atoms with E-state index in [0.717, 1.165) is 9.87 Å². The second-order valence-corrected chi connectivity index (χ2v) is 9.40. The van der Waals surface area contributed by atoms with Gasteiger partial charge in [-0.3, -0.25) is 14.0 Å². The minimum Gasteiger partial charge on any atom is -0.459 e. The van der Waals surface area contributed by atoms with E-state index in [9.17, 15) is 18.0 Å². The lowest BCUT2D eigenvalue weighted by atomic mass is 10.1. The molecule has 2 aromatic carbocycles.